The molecule has 4 nitrogen and oxygen atoms in total. The van der Waals surface area contributed by atoms with Gasteiger partial charge in [0.25, 0.3) is 0 Å². The van der Waals surface area contributed by atoms with Crippen molar-refractivity contribution in [1.29, 1.82) is 0 Å². The van der Waals surface area contributed by atoms with Gasteiger partial charge in [-0.3, -0.25) is 4.79 Å². The van der Waals surface area contributed by atoms with Gasteiger partial charge in [0.15, 0.2) is 0 Å². The molecule has 2 aliphatic rings. The van der Waals surface area contributed by atoms with E-state index in [9.17, 15) is 9.90 Å². The molecule has 2 aliphatic carbocycles. The highest BCUT2D eigenvalue weighted by molar-refractivity contribution is 5.79. The molecule has 0 aromatic carbocycles. The van der Waals surface area contributed by atoms with Gasteiger partial charge in [-0.05, 0) is 19.8 Å². The van der Waals surface area contributed by atoms with Crippen LogP contribution in [0.1, 0.15) is 40.0 Å². The maximum absolute atomic E-state index is 12.0. The molecule has 2 atom stereocenters. The Balaban J connectivity index is 1.84. The van der Waals surface area contributed by atoms with Crippen molar-refractivity contribution in [2.24, 2.45) is 11.3 Å². The summed E-state index contributed by atoms with van der Waals surface area (Å²) in [6.07, 6.45) is 6.38. The summed E-state index contributed by atoms with van der Waals surface area (Å²) < 4.78 is 5.61. The van der Waals surface area contributed by atoms with Crippen molar-refractivity contribution >= 4 is 5.91 Å². The first kappa shape index (κ1) is 14.5. The predicted octanol–water partition coefficient (Wildman–Crippen LogP) is 1.63. The van der Waals surface area contributed by atoms with E-state index in [-0.39, 0.29) is 23.3 Å². The second-order valence-electron chi connectivity index (χ2n) is 6.26. The van der Waals surface area contributed by atoms with Crippen molar-refractivity contribution in [2.45, 2.75) is 51.7 Å². The van der Waals surface area contributed by atoms with E-state index in [1.165, 1.54) is 0 Å². The van der Waals surface area contributed by atoms with Crippen molar-refractivity contribution in [3.05, 3.63) is 12.2 Å². The number of hydrogen-bond donors (Lipinski definition) is 2. The maximum Gasteiger partial charge on any atom is 0.223 e. The second-order valence-corrected chi connectivity index (χ2v) is 6.26. The van der Waals surface area contributed by atoms with Crippen molar-refractivity contribution in [3.63, 3.8) is 0 Å². The topological polar surface area (TPSA) is 58.6 Å². The van der Waals surface area contributed by atoms with E-state index in [0.717, 1.165) is 12.8 Å². The van der Waals surface area contributed by atoms with Crippen LogP contribution in [0.4, 0.5) is 0 Å². The van der Waals surface area contributed by atoms with E-state index in [2.05, 4.69) is 5.32 Å². The molecule has 2 N–H and O–H groups in total. The Kier molecular flexibility index (Phi) is 4.02. The highest BCUT2D eigenvalue weighted by Crippen LogP contribution is 2.50. The summed E-state index contributed by atoms with van der Waals surface area (Å²) in [4.78, 5) is 12.0. The molecule has 2 rings (SSSR count). The first-order chi connectivity index (χ1) is 8.90. The molecule has 0 saturated heterocycles. The van der Waals surface area contributed by atoms with E-state index in [1.807, 2.05) is 32.9 Å². The zero-order chi connectivity index (χ0) is 14.1. The van der Waals surface area contributed by atoms with Crippen molar-refractivity contribution in [3.8, 4) is 0 Å². The lowest BCUT2D eigenvalue weighted by Gasteiger charge is -2.58. The van der Waals surface area contributed by atoms with E-state index in [4.69, 9.17) is 4.74 Å². The van der Waals surface area contributed by atoms with Crippen molar-refractivity contribution in [1.82, 2.24) is 5.32 Å². The van der Waals surface area contributed by atoms with Crippen LogP contribution in [0.3, 0.4) is 0 Å². The lowest BCUT2D eigenvalue weighted by atomic mass is 9.56. The molecule has 0 aromatic rings. The Morgan fingerprint density at radius 2 is 2.05 bits per heavy atom. The van der Waals surface area contributed by atoms with Crippen LogP contribution >= 0.6 is 0 Å². The summed E-state index contributed by atoms with van der Waals surface area (Å²) in [5.74, 6) is 0.101. The molecule has 4 heteroatoms. The van der Waals surface area contributed by atoms with Crippen LogP contribution in [0.2, 0.25) is 0 Å². The first-order valence-electron chi connectivity index (χ1n) is 7.17. The fourth-order valence-electron chi connectivity index (χ4n) is 2.97. The quantitative estimate of drug-likeness (QED) is 0.744. The van der Waals surface area contributed by atoms with Gasteiger partial charge in [0, 0.05) is 30.9 Å². The fourth-order valence-corrected chi connectivity index (χ4v) is 2.97. The molecule has 1 fully saturated rings. The third-order valence-corrected chi connectivity index (χ3v) is 4.83. The summed E-state index contributed by atoms with van der Waals surface area (Å²) in [5, 5.41) is 13.5. The molecule has 0 spiro atoms. The number of carbonyl (C=O) groups excluding carboxylic acids is 1. The first-order valence-corrected chi connectivity index (χ1v) is 7.17. The Labute approximate surface area is 115 Å². The molecule has 0 unspecified atom stereocenters. The second kappa shape index (κ2) is 5.25. The van der Waals surface area contributed by atoms with Gasteiger partial charge >= 0.3 is 0 Å². The van der Waals surface area contributed by atoms with E-state index in [0.29, 0.717) is 19.6 Å². The largest absolute Gasteiger partial charge is 0.387 e. The van der Waals surface area contributed by atoms with Gasteiger partial charge in [-0.25, -0.2) is 0 Å². The predicted molar refractivity (Wildman–Crippen MR) is 73.6 cm³/mol. The Morgan fingerprint density at radius 1 is 1.42 bits per heavy atom. The molecule has 0 radical (unpaired) electrons. The molecular formula is C15H25NO3. The lowest BCUT2D eigenvalue weighted by molar-refractivity contribution is -0.238. The Hall–Kier alpha value is -0.870. The number of aliphatic hydroxyl groups is 1. The standard InChI is InChI=1S/C15H25NO3/c1-4-19-12-9-15(18,14(12,2)3)10-16-13(17)11-7-5-6-8-11/h5-6,11-12,18H,4,7-10H2,1-3H3,(H,16,17)/t12-,15-/m0/s1. The number of allylic oxidation sites excluding steroid dienone is 2. The van der Waals surface area contributed by atoms with Gasteiger partial charge in [-0.1, -0.05) is 26.0 Å². The molecule has 0 aromatic heterocycles. The van der Waals surface area contributed by atoms with Crippen LogP contribution in [-0.2, 0) is 9.53 Å². The number of rotatable bonds is 5. The molecule has 108 valence electrons. The van der Waals surface area contributed by atoms with Gasteiger partial charge in [-0.2, -0.15) is 0 Å². The Bertz CT molecular complexity index is 370. The summed E-state index contributed by atoms with van der Waals surface area (Å²) in [7, 11) is 0. The van der Waals surface area contributed by atoms with Gasteiger partial charge in [0.05, 0.1) is 11.7 Å². The smallest absolute Gasteiger partial charge is 0.223 e. The minimum atomic E-state index is -0.853. The van der Waals surface area contributed by atoms with Crippen molar-refractivity contribution in [2.75, 3.05) is 13.2 Å². The minimum Gasteiger partial charge on any atom is -0.387 e. The van der Waals surface area contributed by atoms with E-state index in [1.54, 1.807) is 0 Å². The van der Waals surface area contributed by atoms with Gasteiger partial charge in [-0.15, -0.1) is 0 Å². The molecule has 0 aliphatic heterocycles. The van der Waals surface area contributed by atoms with Crippen molar-refractivity contribution < 1.29 is 14.6 Å². The minimum absolute atomic E-state index is 0.0501. The third kappa shape index (κ3) is 2.56. The summed E-state index contributed by atoms with van der Waals surface area (Å²) >= 11 is 0. The SMILES string of the molecule is CCO[C@H]1C[C@](O)(CNC(=O)C2CC=CC2)C1(C)C. The van der Waals surface area contributed by atoms with Crippen LogP contribution in [0.25, 0.3) is 0 Å². The van der Waals surface area contributed by atoms with Crippen LogP contribution in [0.5, 0.6) is 0 Å². The molecule has 0 heterocycles. The van der Waals surface area contributed by atoms with E-state index >= 15 is 0 Å². The number of ether oxygens (including phenoxy) is 1. The highest BCUT2D eigenvalue weighted by Gasteiger charge is 2.59. The number of hydrogen-bond acceptors (Lipinski definition) is 3. The lowest BCUT2D eigenvalue weighted by Crippen LogP contribution is -2.68. The van der Waals surface area contributed by atoms with Gasteiger partial charge in [0.1, 0.15) is 0 Å². The summed E-state index contributed by atoms with van der Waals surface area (Å²) in [6.45, 7) is 6.94. The zero-order valence-corrected chi connectivity index (χ0v) is 12.1. The van der Waals surface area contributed by atoms with Crippen LogP contribution in [0, 0.1) is 11.3 Å². The normalized spacial score (nSPS) is 33.2. The molecule has 1 amide bonds. The van der Waals surface area contributed by atoms with Crippen LogP contribution in [-0.4, -0.2) is 35.9 Å². The maximum atomic E-state index is 12.0. The molecular weight excluding hydrogens is 242 g/mol. The van der Waals surface area contributed by atoms with Gasteiger partial charge < -0.3 is 15.2 Å². The third-order valence-electron chi connectivity index (χ3n) is 4.83. The number of carbonyl (C=O) groups is 1. The average molecular weight is 267 g/mol. The Morgan fingerprint density at radius 3 is 2.58 bits per heavy atom. The highest BCUT2D eigenvalue weighted by atomic mass is 16.5. The molecule has 1 saturated carbocycles. The number of nitrogens with one attached hydrogen (secondary N) is 1. The molecule has 0 bridgehead atoms. The van der Waals surface area contributed by atoms with Crippen LogP contribution < -0.4 is 5.32 Å². The fraction of sp³-hybridized carbons (Fsp3) is 0.800. The average Bonchev–Trinajstić information content (AvgIpc) is 2.89. The zero-order valence-electron chi connectivity index (χ0n) is 12.1. The number of amides is 1. The van der Waals surface area contributed by atoms with E-state index < -0.39 is 5.60 Å². The van der Waals surface area contributed by atoms with Crippen LogP contribution in [0.15, 0.2) is 12.2 Å². The molecule has 19 heavy (non-hydrogen) atoms. The summed E-state index contributed by atoms with van der Waals surface area (Å²) in [5.41, 5.74) is -1.17. The summed E-state index contributed by atoms with van der Waals surface area (Å²) in [6, 6.07) is 0. The monoisotopic (exact) mass is 267 g/mol. The van der Waals surface area contributed by atoms with Gasteiger partial charge in [0.2, 0.25) is 5.91 Å².